The van der Waals surface area contributed by atoms with Gasteiger partial charge in [0.2, 0.25) is 0 Å². The monoisotopic (exact) mass is 862 g/mol. The molecule has 11 rings (SSSR count). The van der Waals surface area contributed by atoms with Crippen LogP contribution in [0.2, 0.25) is 0 Å². The van der Waals surface area contributed by atoms with Crippen molar-refractivity contribution in [2.75, 3.05) is 0 Å². The maximum Gasteiger partial charge on any atom is 0.175 e. The van der Waals surface area contributed by atoms with Crippen molar-refractivity contribution >= 4 is 92.5 Å². The summed E-state index contributed by atoms with van der Waals surface area (Å²) in [6.07, 6.45) is 7.94. The van der Waals surface area contributed by atoms with Crippen LogP contribution in [-0.2, 0) is 9.13 Å². The van der Waals surface area contributed by atoms with Gasteiger partial charge in [-0.05, 0) is 59.7 Å². The molecule has 0 saturated carbocycles. The zero-order chi connectivity index (χ0) is 43.1. The zero-order valence-corrected chi connectivity index (χ0v) is 36.3. The summed E-state index contributed by atoms with van der Waals surface area (Å²) in [7, 11) is -7.23. The first-order valence-corrected chi connectivity index (χ1v) is 24.6. The molecule has 0 saturated heterocycles. The van der Waals surface area contributed by atoms with Crippen LogP contribution in [0.3, 0.4) is 0 Å². The van der Waals surface area contributed by atoms with Crippen molar-refractivity contribution in [3.63, 3.8) is 0 Å². The summed E-state index contributed by atoms with van der Waals surface area (Å²) in [4.78, 5) is 18.4. The summed E-state index contributed by atoms with van der Waals surface area (Å²) in [5.74, 6) is 0. The van der Waals surface area contributed by atoms with Crippen LogP contribution in [-0.4, -0.2) is 19.9 Å². The van der Waals surface area contributed by atoms with Crippen molar-refractivity contribution in [3.8, 4) is 22.3 Å². The smallest absolute Gasteiger partial charge is 0.175 e. The minimum absolute atomic E-state index is 0.552. The van der Waals surface area contributed by atoms with Crippen LogP contribution >= 0.6 is 14.3 Å². The van der Waals surface area contributed by atoms with E-state index in [9.17, 15) is 0 Å². The lowest BCUT2D eigenvalue weighted by Gasteiger charge is -2.21. The minimum atomic E-state index is -3.64. The summed E-state index contributed by atoms with van der Waals surface area (Å²) >= 11 is 0. The van der Waals surface area contributed by atoms with Crippen LogP contribution in [0.4, 0.5) is 0 Å². The molecule has 0 unspecified atom stereocenters. The van der Waals surface area contributed by atoms with Gasteiger partial charge in [0.1, 0.15) is 0 Å². The zero-order valence-electron chi connectivity index (χ0n) is 34.5. The molecule has 8 heteroatoms. The number of hydrogen-bond acceptors (Lipinski definition) is 4. The minimum Gasteiger partial charge on any atom is -0.354 e. The fraction of sp³-hybridized carbons (Fsp3) is 0. The molecule has 5 heterocycles. The first-order chi connectivity index (χ1) is 31.5. The van der Waals surface area contributed by atoms with Gasteiger partial charge in [0.05, 0.1) is 44.4 Å². The molecule has 9 aromatic rings. The van der Waals surface area contributed by atoms with Crippen LogP contribution in [0.25, 0.3) is 68.6 Å². The Labute approximate surface area is 371 Å². The second-order valence-corrected chi connectivity index (χ2v) is 21.1. The molecule has 0 fully saturated rings. The number of nitrogens with zero attached hydrogens (tertiary/aromatic N) is 2. The van der Waals surface area contributed by atoms with E-state index in [4.69, 9.17) is 9.97 Å². The van der Waals surface area contributed by atoms with E-state index < -0.39 is 14.3 Å². The molecular weight excluding hydrogens is 823 g/mol. The summed E-state index contributed by atoms with van der Waals surface area (Å²) in [6, 6.07) is 67.4. The van der Waals surface area contributed by atoms with Gasteiger partial charge in [-0.2, -0.15) is 0 Å². The standard InChI is InChI=1S/C56H40N4O2P2/c61-63(41-23-11-3-12-24-41,42-25-13-4-14-26-42)55-49-35-31-45(57-49)53(39-19-7-1-8-20-39)46-32-36-50(58-46)56(64(62,43-27-15-5-16-28-43)44-29-17-6-18-30-44)52-38-34-48(60-52)54(40-21-9-2-10-22-40)47-33-37-51(55)59-47/h1-38,57,59H. The molecule has 0 atom stereocenters. The van der Waals surface area contributed by atoms with Gasteiger partial charge in [0, 0.05) is 43.4 Å². The lowest BCUT2D eigenvalue weighted by atomic mass is 10.0. The Bertz CT molecular complexity index is 3310. The van der Waals surface area contributed by atoms with Crippen molar-refractivity contribution in [2.45, 2.75) is 0 Å². The van der Waals surface area contributed by atoms with Gasteiger partial charge in [0.25, 0.3) is 0 Å². The van der Waals surface area contributed by atoms with Gasteiger partial charge in [0.15, 0.2) is 14.3 Å². The SMILES string of the molecule is O=P(c1ccccc1)(c1ccccc1)c1c2nc(c(-c3ccccc3)c3ccc([nH]3)c(P(=O)(c3ccccc3)c3ccccc3)c3ccc([nH]3)c(-c3ccccc3)c3nc1C=C3)C=C2. The Morgan fingerprint density at radius 3 is 0.922 bits per heavy atom. The van der Waals surface area contributed by atoms with E-state index in [0.29, 0.717) is 65.6 Å². The first-order valence-electron chi connectivity index (χ1n) is 21.2. The maximum atomic E-state index is 16.5. The quantitative estimate of drug-likeness (QED) is 0.149. The molecule has 2 aliphatic heterocycles. The third kappa shape index (κ3) is 6.67. The summed E-state index contributed by atoms with van der Waals surface area (Å²) in [5.41, 5.74) is 9.04. The molecule has 6 aromatic carbocycles. The molecule has 0 aliphatic carbocycles. The Hall–Kier alpha value is -7.62. The molecule has 0 radical (unpaired) electrons. The Balaban J connectivity index is 1.35. The highest BCUT2D eigenvalue weighted by Crippen LogP contribution is 2.47. The molecule has 6 nitrogen and oxygen atoms in total. The normalized spacial score (nSPS) is 12.4. The van der Waals surface area contributed by atoms with Gasteiger partial charge in [-0.3, -0.25) is 0 Å². The van der Waals surface area contributed by atoms with Gasteiger partial charge in [-0.1, -0.05) is 182 Å². The molecule has 64 heavy (non-hydrogen) atoms. The Morgan fingerprint density at radius 2 is 0.578 bits per heavy atom. The summed E-state index contributed by atoms with van der Waals surface area (Å²) in [6.45, 7) is 0. The second-order valence-electron chi connectivity index (χ2n) is 15.7. The van der Waals surface area contributed by atoms with Crippen LogP contribution in [0.15, 0.2) is 206 Å². The highest BCUT2D eigenvalue weighted by Gasteiger charge is 2.36. The second kappa shape index (κ2) is 16.3. The van der Waals surface area contributed by atoms with Crippen LogP contribution in [0.5, 0.6) is 0 Å². The van der Waals surface area contributed by atoms with Crippen molar-refractivity contribution in [2.24, 2.45) is 0 Å². The summed E-state index contributed by atoms with van der Waals surface area (Å²) < 4.78 is 33.1. The average molecular weight is 863 g/mol. The van der Waals surface area contributed by atoms with E-state index in [1.165, 1.54) is 0 Å². The maximum absolute atomic E-state index is 16.5. The van der Waals surface area contributed by atoms with Gasteiger partial charge >= 0.3 is 0 Å². The van der Waals surface area contributed by atoms with E-state index in [0.717, 1.165) is 33.3 Å². The van der Waals surface area contributed by atoms with E-state index in [-0.39, 0.29) is 0 Å². The molecule has 2 N–H and O–H groups in total. The first kappa shape index (κ1) is 39.2. The van der Waals surface area contributed by atoms with Crippen molar-refractivity contribution < 1.29 is 9.13 Å². The number of hydrogen-bond donors (Lipinski definition) is 2. The molecule has 3 aromatic heterocycles. The number of benzene rings is 6. The number of H-pyrrole nitrogens is 2. The van der Waals surface area contributed by atoms with Crippen LogP contribution in [0, 0.1) is 0 Å². The van der Waals surface area contributed by atoms with Crippen molar-refractivity contribution in [1.29, 1.82) is 0 Å². The van der Waals surface area contributed by atoms with E-state index >= 15 is 9.13 Å². The largest absolute Gasteiger partial charge is 0.354 e. The fourth-order valence-corrected chi connectivity index (χ4v) is 14.9. The molecular formula is C56H40N4O2P2. The lowest BCUT2D eigenvalue weighted by Crippen LogP contribution is -2.28. The van der Waals surface area contributed by atoms with Gasteiger partial charge in [-0.15, -0.1) is 0 Å². The van der Waals surface area contributed by atoms with Crippen LogP contribution < -0.4 is 31.8 Å². The number of aromatic nitrogens is 4. The highest BCUT2D eigenvalue weighted by atomic mass is 31.2. The molecule has 306 valence electrons. The van der Waals surface area contributed by atoms with Crippen molar-refractivity contribution in [1.82, 2.24) is 19.9 Å². The Kier molecular flexibility index (Phi) is 9.97. The Morgan fingerprint density at radius 1 is 0.297 bits per heavy atom. The number of rotatable bonds is 8. The highest BCUT2D eigenvalue weighted by molar-refractivity contribution is 7.86. The molecule has 8 bridgehead atoms. The van der Waals surface area contributed by atoms with E-state index in [1.54, 1.807) is 0 Å². The summed E-state index contributed by atoms with van der Waals surface area (Å²) in [5, 5.41) is 4.00. The third-order valence-electron chi connectivity index (χ3n) is 11.9. The molecule has 0 spiro atoms. The topological polar surface area (TPSA) is 91.5 Å². The number of fused-ring (bicyclic) bond motifs is 8. The predicted molar refractivity (Wildman–Crippen MR) is 269 cm³/mol. The van der Waals surface area contributed by atoms with Gasteiger partial charge in [-0.25, -0.2) is 9.97 Å². The lowest BCUT2D eigenvalue weighted by molar-refractivity contribution is 0.591. The fourth-order valence-electron chi connectivity index (χ4n) is 9.02. The predicted octanol–water partition coefficient (Wildman–Crippen LogP) is 11.3. The number of aromatic amines is 2. The van der Waals surface area contributed by atoms with Crippen LogP contribution in [0.1, 0.15) is 22.8 Å². The third-order valence-corrected chi connectivity index (χ3v) is 18.2. The van der Waals surface area contributed by atoms with Crippen molar-refractivity contribution in [3.05, 3.63) is 229 Å². The molecule has 0 amide bonds. The average Bonchev–Trinajstić information content (AvgIpc) is 4.22. The van der Waals surface area contributed by atoms with Gasteiger partial charge < -0.3 is 19.1 Å². The van der Waals surface area contributed by atoms with E-state index in [1.807, 2.05) is 206 Å². The molecule has 2 aliphatic rings. The number of nitrogens with one attached hydrogen (secondary N) is 2. The van der Waals surface area contributed by atoms with E-state index in [2.05, 4.69) is 34.2 Å².